The Kier molecular flexibility index (Phi) is 12.8. The Morgan fingerprint density at radius 3 is 1.50 bits per heavy atom. The van der Waals surface area contributed by atoms with Gasteiger partial charge in [-0.05, 0) is 61.1 Å². The van der Waals surface area contributed by atoms with Crippen LogP contribution in [0.5, 0.6) is 0 Å². The molecule has 0 saturated carbocycles. The van der Waals surface area contributed by atoms with Crippen LogP contribution in [0.3, 0.4) is 0 Å². The summed E-state index contributed by atoms with van der Waals surface area (Å²) in [7, 11) is 6.06. The summed E-state index contributed by atoms with van der Waals surface area (Å²) >= 11 is 0. The van der Waals surface area contributed by atoms with Gasteiger partial charge in [0.05, 0.1) is 0 Å². The number of aromatic nitrogens is 3. The predicted molar refractivity (Wildman–Crippen MR) is 127 cm³/mol. The van der Waals surface area contributed by atoms with Gasteiger partial charge in [-0.2, -0.15) is 15.0 Å². The predicted octanol–water partition coefficient (Wildman–Crippen LogP) is 1.77. The summed E-state index contributed by atoms with van der Waals surface area (Å²) in [5, 5.41) is 9.88. The van der Waals surface area contributed by atoms with Crippen molar-refractivity contribution < 1.29 is 8.85 Å². The van der Waals surface area contributed by atoms with Crippen LogP contribution in [0.4, 0.5) is 17.8 Å². The molecule has 0 bridgehead atoms. The lowest BCUT2D eigenvalue weighted by atomic mass is 10.5. The van der Waals surface area contributed by atoms with E-state index in [1.165, 1.54) is 0 Å². The molecule has 1 heterocycles. The number of hydrogen-bond donors (Lipinski definition) is 3. The molecule has 0 aliphatic carbocycles. The average molecular weight is 443 g/mol. The van der Waals surface area contributed by atoms with Gasteiger partial charge in [-0.3, -0.25) is 0 Å². The zero-order chi connectivity index (χ0) is 22.4. The molecular formula is C19H42N8O2Si. The summed E-state index contributed by atoms with van der Waals surface area (Å²) in [6, 6.07) is 0.925. The maximum Gasteiger partial charge on any atom is 0.334 e. The summed E-state index contributed by atoms with van der Waals surface area (Å²) in [6.45, 7) is 11.6. The van der Waals surface area contributed by atoms with Gasteiger partial charge in [0, 0.05) is 45.9 Å². The quantitative estimate of drug-likeness (QED) is 0.244. The van der Waals surface area contributed by atoms with Crippen molar-refractivity contribution in [1.29, 1.82) is 0 Å². The molecule has 0 aliphatic heterocycles. The fraction of sp³-hybridized carbons (Fsp3) is 0.842. The Bertz CT molecular complexity index is 553. The molecule has 0 spiro atoms. The van der Waals surface area contributed by atoms with Crippen molar-refractivity contribution in [3.8, 4) is 0 Å². The molecule has 0 saturated heterocycles. The molecular weight excluding hydrogens is 400 g/mol. The van der Waals surface area contributed by atoms with Crippen LogP contribution in [0.2, 0.25) is 12.6 Å². The van der Waals surface area contributed by atoms with Crippen molar-refractivity contribution in [3.05, 3.63) is 0 Å². The molecule has 30 heavy (non-hydrogen) atoms. The highest BCUT2D eigenvalue weighted by Crippen LogP contribution is 2.16. The van der Waals surface area contributed by atoms with Crippen LogP contribution in [0.1, 0.15) is 20.3 Å². The number of anilines is 3. The van der Waals surface area contributed by atoms with Gasteiger partial charge in [0.2, 0.25) is 17.8 Å². The molecule has 0 radical (unpaired) electrons. The number of nitrogens with zero attached hydrogens (tertiary/aromatic N) is 5. The molecule has 1 rings (SSSR count). The van der Waals surface area contributed by atoms with E-state index in [1.54, 1.807) is 0 Å². The van der Waals surface area contributed by atoms with E-state index < -0.39 is 8.56 Å². The van der Waals surface area contributed by atoms with E-state index in [9.17, 15) is 0 Å². The Morgan fingerprint density at radius 1 is 0.733 bits per heavy atom. The van der Waals surface area contributed by atoms with Crippen molar-refractivity contribution in [3.63, 3.8) is 0 Å². The average Bonchev–Trinajstić information content (AvgIpc) is 2.65. The molecule has 0 atom stereocenters. The third-order valence-corrected chi connectivity index (χ3v) is 7.37. The number of hydrogen-bond acceptors (Lipinski definition) is 10. The molecule has 1 aromatic heterocycles. The van der Waals surface area contributed by atoms with Crippen LogP contribution < -0.4 is 16.0 Å². The topological polar surface area (TPSA) is 99.7 Å². The first-order valence-electron chi connectivity index (χ1n) is 10.8. The van der Waals surface area contributed by atoms with Gasteiger partial charge in [0.25, 0.3) is 0 Å². The second-order valence-electron chi connectivity index (χ2n) is 7.80. The summed E-state index contributed by atoms with van der Waals surface area (Å²) < 4.78 is 11.8. The van der Waals surface area contributed by atoms with E-state index in [2.05, 4.69) is 47.2 Å². The smallest absolute Gasteiger partial charge is 0.334 e. The first-order valence-corrected chi connectivity index (χ1v) is 13.4. The number of rotatable bonds is 17. The first kappa shape index (κ1) is 26.5. The minimum Gasteiger partial charge on any atom is -0.395 e. The van der Waals surface area contributed by atoms with Crippen molar-refractivity contribution in [2.75, 3.05) is 90.1 Å². The summed E-state index contributed by atoms with van der Waals surface area (Å²) in [4.78, 5) is 17.7. The van der Waals surface area contributed by atoms with Crippen molar-refractivity contribution in [2.45, 2.75) is 32.9 Å². The van der Waals surface area contributed by atoms with Crippen LogP contribution in [0.15, 0.2) is 0 Å². The largest absolute Gasteiger partial charge is 0.395 e. The van der Waals surface area contributed by atoms with Gasteiger partial charge >= 0.3 is 8.56 Å². The maximum atomic E-state index is 5.91. The minimum absolute atomic E-state index is 0.570. The van der Waals surface area contributed by atoms with Gasteiger partial charge in [-0.15, -0.1) is 0 Å². The normalized spacial score (nSPS) is 11.9. The van der Waals surface area contributed by atoms with Gasteiger partial charge in [0.15, 0.2) is 0 Å². The summed E-state index contributed by atoms with van der Waals surface area (Å²) in [6.07, 6.45) is 0.932. The minimum atomic E-state index is -2.09. The van der Waals surface area contributed by atoms with Gasteiger partial charge in [0.1, 0.15) is 0 Å². The molecule has 11 heteroatoms. The van der Waals surface area contributed by atoms with Gasteiger partial charge in [-0.1, -0.05) is 0 Å². The second kappa shape index (κ2) is 14.5. The maximum absolute atomic E-state index is 5.91. The summed E-state index contributed by atoms with van der Waals surface area (Å²) in [5.41, 5.74) is 0. The highest BCUT2D eigenvalue weighted by atomic mass is 28.4. The Labute approximate surface area is 183 Å². The molecule has 1 aromatic rings. The fourth-order valence-electron chi connectivity index (χ4n) is 2.80. The van der Waals surface area contributed by atoms with E-state index in [-0.39, 0.29) is 0 Å². The molecule has 0 unspecified atom stereocenters. The van der Waals surface area contributed by atoms with E-state index in [1.807, 2.05) is 42.0 Å². The highest BCUT2D eigenvalue weighted by Gasteiger charge is 2.29. The standard InChI is InChI=1S/C19H42N8O2Si/c1-8-28-30(7,29-9-2)16-10-11-20-17-23-18(21-12-14-26(3)4)25-19(24-17)22-13-15-27(5)6/h8-16H2,1-7H3,(H3,20,21,22,23,24,25). The Morgan fingerprint density at radius 2 is 1.13 bits per heavy atom. The Balaban J connectivity index is 2.67. The molecule has 3 N–H and O–H groups in total. The first-order chi connectivity index (χ1) is 14.3. The molecule has 0 aromatic carbocycles. The van der Waals surface area contributed by atoms with Crippen molar-refractivity contribution >= 4 is 26.4 Å². The monoisotopic (exact) mass is 442 g/mol. The van der Waals surface area contributed by atoms with Gasteiger partial charge < -0.3 is 34.6 Å². The highest BCUT2D eigenvalue weighted by molar-refractivity contribution is 6.66. The third kappa shape index (κ3) is 11.6. The van der Waals surface area contributed by atoms with Crippen molar-refractivity contribution in [1.82, 2.24) is 24.8 Å². The lowest BCUT2D eigenvalue weighted by Gasteiger charge is -2.25. The molecule has 10 nitrogen and oxygen atoms in total. The van der Waals surface area contributed by atoms with Crippen molar-refractivity contribution in [2.24, 2.45) is 0 Å². The molecule has 0 fully saturated rings. The lowest BCUT2D eigenvalue weighted by molar-refractivity contribution is 0.188. The zero-order valence-corrected chi connectivity index (χ0v) is 20.9. The molecule has 0 amide bonds. The van der Waals surface area contributed by atoms with Crippen LogP contribution in [-0.4, -0.2) is 107 Å². The van der Waals surface area contributed by atoms with Crippen LogP contribution >= 0.6 is 0 Å². The SMILES string of the molecule is CCO[Si](C)(CCCNc1nc(NCCN(C)C)nc(NCCN(C)C)n1)OCC. The van der Waals surface area contributed by atoms with E-state index in [4.69, 9.17) is 8.85 Å². The van der Waals surface area contributed by atoms with E-state index in [0.717, 1.165) is 45.2 Å². The Hall–Kier alpha value is -1.53. The van der Waals surface area contributed by atoms with Crippen LogP contribution in [0.25, 0.3) is 0 Å². The fourth-order valence-corrected chi connectivity index (χ4v) is 5.21. The third-order valence-electron chi connectivity index (χ3n) is 4.31. The summed E-state index contributed by atoms with van der Waals surface area (Å²) in [5.74, 6) is 1.72. The molecule has 0 aliphatic rings. The lowest BCUT2D eigenvalue weighted by Crippen LogP contribution is -2.39. The number of nitrogens with one attached hydrogen (secondary N) is 3. The molecule has 174 valence electrons. The van der Waals surface area contributed by atoms with E-state index in [0.29, 0.717) is 31.1 Å². The van der Waals surface area contributed by atoms with E-state index >= 15 is 0 Å². The second-order valence-corrected chi connectivity index (χ2v) is 11.1. The zero-order valence-electron chi connectivity index (χ0n) is 19.9. The van der Waals surface area contributed by atoms with Gasteiger partial charge in [-0.25, -0.2) is 0 Å². The number of likely N-dealkylation sites (N-methyl/N-ethyl adjacent to an activating group) is 2. The van der Waals surface area contributed by atoms with Crippen LogP contribution in [-0.2, 0) is 8.85 Å². The van der Waals surface area contributed by atoms with Crippen LogP contribution in [0, 0.1) is 0 Å².